The van der Waals surface area contributed by atoms with Crippen molar-refractivity contribution in [3.63, 3.8) is 0 Å². The van der Waals surface area contributed by atoms with E-state index in [2.05, 4.69) is 44.9 Å². The molecule has 0 bridgehead atoms. The second-order valence-corrected chi connectivity index (χ2v) is 5.19. The van der Waals surface area contributed by atoms with Crippen LogP contribution in [0.5, 0.6) is 0 Å². The predicted octanol–water partition coefficient (Wildman–Crippen LogP) is 0.614. The summed E-state index contributed by atoms with van der Waals surface area (Å²) in [7, 11) is 4.12. The zero-order valence-electron chi connectivity index (χ0n) is 11.8. The Morgan fingerprint density at radius 1 is 1.32 bits per heavy atom. The van der Waals surface area contributed by atoms with Gasteiger partial charge in [-0.1, -0.05) is 0 Å². The Balaban J connectivity index is 1.77. The third-order valence-electron chi connectivity index (χ3n) is 3.22. The molecular formula is C13H24N6. The van der Waals surface area contributed by atoms with Crippen LogP contribution in [0.4, 0.5) is 11.6 Å². The molecule has 1 fully saturated rings. The largest absolute Gasteiger partial charge is 0.369 e. The Bertz CT molecular complexity index is 375. The zero-order chi connectivity index (χ0) is 13.5. The lowest BCUT2D eigenvalue weighted by Gasteiger charge is -2.13. The van der Waals surface area contributed by atoms with Crippen molar-refractivity contribution in [3.8, 4) is 0 Å². The van der Waals surface area contributed by atoms with Gasteiger partial charge in [0.05, 0.1) is 0 Å². The van der Waals surface area contributed by atoms with Gasteiger partial charge in [-0.25, -0.2) is 9.97 Å². The van der Waals surface area contributed by atoms with Crippen molar-refractivity contribution < 1.29 is 0 Å². The van der Waals surface area contributed by atoms with Gasteiger partial charge in [0.1, 0.15) is 18.0 Å². The number of aromatic nitrogens is 2. The van der Waals surface area contributed by atoms with Crippen LogP contribution in [-0.4, -0.2) is 61.2 Å². The summed E-state index contributed by atoms with van der Waals surface area (Å²) in [4.78, 5) is 10.6. The molecular weight excluding hydrogens is 240 g/mol. The van der Waals surface area contributed by atoms with Crippen molar-refractivity contribution in [1.82, 2.24) is 20.2 Å². The maximum atomic E-state index is 4.24. The van der Waals surface area contributed by atoms with Gasteiger partial charge in [-0.2, -0.15) is 0 Å². The van der Waals surface area contributed by atoms with E-state index in [1.54, 1.807) is 6.33 Å². The first-order valence-corrected chi connectivity index (χ1v) is 6.92. The van der Waals surface area contributed by atoms with E-state index in [0.717, 1.165) is 37.8 Å². The summed E-state index contributed by atoms with van der Waals surface area (Å²) in [5.41, 5.74) is 0. The van der Waals surface area contributed by atoms with E-state index in [1.807, 2.05) is 6.07 Å². The molecule has 0 saturated carbocycles. The van der Waals surface area contributed by atoms with Gasteiger partial charge >= 0.3 is 0 Å². The van der Waals surface area contributed by atoms with Crippen molar-refractivity contribution >= 4 is 11.6 Å². The van der Waals surface area contributed by atoms with Gasteiger partial charge in [0.25, 0.3) is 0 Å². The zero-order valence-corrected chi connectivity index (χ0v) is 11.8. The highest BCUT2D eigenvalue weighted by atomic mass is 15.1. The fraction of sp³-hybridized carbons (Fsp3) is 0.692. The average molecular weight is 264 g/mol. The standard InChI is InChI=1S/C13H24N6/c1-19(2)7-6-15-12-8-13(18-10-17-12)16-9-11-4-3-5-14-11/h8,10-11,14H,3-7,9H2,1-2H3,(H2,15,16,17,18). The lowest BCUT2D eigenvalue weighted by atomic mass is 10.2. The first-order valence-electron chi connectivity index (χ1n) is 6.92. The molecule has 0 amide bonds. The molecule has 1 atom stereocenters. The van der Waals surface area contributed by atoms with E-state index < -0.39 is 0 Å². The van der Waals surface area contributed by atoms with Crippen LogP contribution in [0.2, 0.25) is 0 Å². The third kappa shape index (κ3) is 5.00. The molecule has 0 spiro atoms. The fourth-order valence-corrected chi connectivity index (χ4v) is 2.12. The Hall–Kier alpha value is -1.40. The molecule has 1 aromatic heterocycles. The van der Waals surface area contributed by atoms with Gasteiger partial charge in [0.2, 0.25) is 0 Å². The molecule has 2 heterocycles. The number of anilines is 2. The van der Waals surface area contributed by atoms with Crippen LogP contribution in [0, 0.1) is 0 Å². The van der Waals surface area contributed by atoms with E-state index >= 15 is 0 Å². The summed E-state index contributed by atoms with van der Waals surface area (Å²) < 4.78 is 0. The maximum absolute atomic E-state index is 4.24. The Kier molecular flexibility index (Phi) is 5.35. The second-order valence-electron chi connectivity index (χ2n) is 5.19. The molecule has 0 aromatic carbocycles. The van der Waals surface area contributed by atoms with E-state index in [1.165, 1.54) is 12.8 Å². The van der Waals surface area contributed by atoms with Gasteiger partial charge in [0, 0.05) is 31.7 Å². The van der Waals surface area contributed by atoms with Crippen molar-refractivity contribution in [1.29, 1.82) is 0 Å². The molecule has 1 unspecified atom stereocenters. The summed E-state index contributed by atoms with van der Waals surface area (Å²) in [5.74, 6) is 1.76. The molecule has 1 saturated heterocycles. The topological polar surface area (TPSA) is 65.1 Å². The van der Waals surface area contributed by atoms with Gasteiger partial charge in [-0.3, -0.25) is 0 Å². The van der Waals surface area contributed by atoms with E-state index in [-0.39, 0.29) is 0 Å². The van der Waals surface area contributed by atoms with Crippen molar-refractivity contribution in [3.05, 3.63) is 12.4 Å². The highest BCUT2D eigenvalue weighted by Gasteiger charge is 2.13. The first-order chi connectivity index (χ1) is 9.24. The van der Waals surface area contributed by atoms with Crippen molar-refractivity contribution in [2.75, 3.05) is 50.9 Å². The van der Waals surface area contributed by atoms with Crippen LogP contribution >= 0.6 is 0 Å². The molecule has 106 valence electrons. The van der Waals surface area contributed by atoms with Crippen molar-refractivity contribution in [2.24, 2.45) is 0 Å². The number of hydrogen-bond donors (Lipinski definition) is 3. The quantitative estimate of drug-likeness (QED) is 0.671. The first kappa shape index (κ1) is 14.0. The number of hydrogen-bond acceptors (Lipinski definition) is 6. The molecule has 0 radical (unpaired) electrons. The number of likely N-dealkylation sites (N-methyl/N-ethyl adjacent to an activating group) is 1. The molecule has 19 heavy (non-hydrogen) atoms. The second kappa shape index (κ2) is 7.25. The average Bonchev–Trinajstić information content (AvgIpc) is 2.89. The van der Waals surface area contributed by atoms with Crippen molar-refractivity contribution in [2.45, 2.75) is 18.9 Å². The lowest BCUT2D eigenvalue weighted by molar-refractivity contribution is 0.425. The van der Waals surface area contributed by atoms with Gasteiger partial charge in [-0.05, 0) is 33.5 Å². The summed E-state index contributed by atoms with van der Waals surface area (Å²) in [6.45, 7) is 3.92. The summed E-state index contributed by atoms with van der Waals surface area (Å²) >= 11 is 0. The minimum Gasteiger partial charge on any atom is -0.369 e. The highest BCUT2D eigenvalue weighted by molar-refractivity contribution is 5.46. The molecule has 1 aromatic rings. The highest BCUT2D eigenvalue weighted by Crippen LogP contribution is 2.10. The van der Waals surface area contributed by atoms with Crippen LogP contribution in [0.15, 0.2) is 12.4 Å². The molecule has 2 rings (SSSR count). The third-order valence-corrected chi connectivity index (χ3v) is 3.22. The summed E-state index contributed by atoms with van der Waals surface area (Å²) in [6.07, 6.45) is 4.11. The molecule has 1 aliphatic rings. The van der Waals surface area contributed by atoms with E-state index in [9.17, 15) is 0 Å². The number of rotatable bonds is 7. The minimum atomic E-state index is 0.570. The molecule has 1 aliphatic heterocycles. The normalized spacial score (nSPS) is 18.8. The minimum absolute atomic E-state index is 0.570. The van der Waals surface area contributed by atoms with Crippen LogP contribution < -0.4 is 16.0 Å². The van der Waals surface area contributed by atoms with E-state index in [0.29, 0.717) is 6.04 Å². The SMILES string of the molecule is CN(C)CCNc1cc(NCC2CCCN2)ncn1. The number of nitrogens with one attached hydrogen (secondary N) is 3. The number of nitrogens with zero attached hydrogens (tertiary/aromatic N) is 3. The molecule has 0 aliphatic carbocycles. The van der Waals surface area contributed by atoms with Crippen LogP contribution in [0.3, 0.4) is 0 Å². The van der Waals surface area contributed by atoms with Gasteiger partial charge in [-0.15, -0.1) is 0 Å². The Labute approximate surface area is 115 Å². The van der Waals surface area contributed by atoms with E-state index in [4.69, 9.17) is 0 Å². The van der Waals surface area contributed by atoms with Crippen LogP contribution in [0.1, 0.15) is 12.8 Å². The lowest BCUT2D eigenvalue weighted by Crippen LogP contribution is -2.29. The van der Waals surface area contributed by atoms with Gasteiger partial charge in [0.15, 0.2) is 0 Å². The fourth-order valence-electron chi connectivity index (χ4n) is 2.12. The van der Waals surface area contributed by atoms with Crippen LogP contribution in [-0.2, 0) is 0 Å². The Morgan fingerprint density at radius 3 is 2.79 bits per heavy atom. The maximum Gasteiger partial charge on any atom is 0.131 e. The smallest absolute Gasteiger partial charge is 0.131 e. The molecule has 3 N–H and O–H groups in total. The monoisotopic (exact) mass is 264 g/mol. The summed E-state index contributed by atoms with van der Waals surface area (Å²) in [6, 6.07) is 2.53. The summed E-state index contributed by atoms with van der Waals surface area (Å²) in [5, 5.41) is 10.1. The van der Waals surface area contributed by atoms with Gasteiger partial charge < -0.3 is 20.9 Å². The predicted molar refractivity (Wildman–Crippen MR) is 78.6 cm³/mol. The molecule has 6 nitrogen and oxygen atoms in total. The van der Waals surface area contributed by atoms with Crippen LogP contribution in [0.25, 0.3) is 0 Å². The molecule has 6 heteroatoms. The Morgan fingerprint density at radius 2 is 2.11 bits per heavy atom.